The molecule has 0 fully saturated rings. The molecule has 1 unspecified atom stereocenters. The second-order valence-electron chi connectivity index (χ2n) is 7.73. The summed E-state index contributed by atoms with van der Waals surface area (Å²) in [6.45, 7) is 2.68. The normalized spacial score (nSPS) is 17.8. The molecule has 1 atom stereocenters. The number of H-pyrrole nitrogens is 1. The SMILES string of the molecule is Cc1ccc(N2c3ccccc3C(=O)N3CCc4c([nH]c5ccccc45)C32)cn1. The lowest BCUT2D eigenvalue weighted by Crippen LogP contribution is -2.50. The fourth-order valence-corrected chi connectivity index (χ4v) is 4.74. The quantitative estimate of drug-likeness (QED) is 0.520. The third kappa shape index (κ3) is 2.27. The van der Waals surface area contributed by atoms with Crippen molar-refractivity contribution >= 4 is 28.2 Å². The van der Waals surface area contributed by atoms with E-state index in [0.29, 0.717) is 6.54 Å². The molecular formula is C24H20N4O. The number of fused-ring (bicyclic) bond motifs is 6. The van der Waals surface area contributed by atoms with Gasteiger partial charge in [-0.15, -0.1) is 0 Å². The van der Waals surface area contributed by atoms with Crippen LogP contribution in [0.2, 0.25) is 0 Å². The van der Waals surface area contributed by atoms with Crippen molar-refractivity contribution in [3.8, 4) is 0 Å². The van der Waals surface area contributed by atoms with E-state index < -0.39 is 0 Å². The van der Waals surface area contributed by atoms with Gasteiger partial charge in [-0.1, -0.05) is 30.3 Å². The minimum Gasteiger partial charge on any atom is -0.355 e. The number of para-hydroxylation sites is 2. The lowest BCUT2D eigenvalue weighted by atomic mass is 9.95. The fraction of sp³-hybridized carbons (Fsp3) is 0.167. The molecule has 4 heterocycles. The number of nitrogens with one attached hydrogen (secondary N) is 1. The molecular weight excluding hydrogens is 360 g/mol. The van der Waals surface area contributed by atoms with Crippen LogP contribution in [0, 0.1) is 6.92 Å². The number of amides is 1. The van der Waals surface area contributed by atoms with Crippen molar-refractivity contribution in [3.05, 3.63) is 89.4 Å². The number of nitrogens with zero attached hydrogens (tertiary/aromatic N) is 3. The van der Waals surface area contributed by atoms with Gasteiger partial charge in [-0.2, -0.15) is 0 Å². The predicted molar refractivity (Wildman–Crippen MR) is 113 cm³/mol. The molecule has 0 saturated carbocycles. The highest BCUT2D eigenvalue weighted by atomic mass is 16.2. The van der Waals surface area contributed by atoms with E-state index in [1.54, 1.807) is 0 Å². The second kappa shape index (κ2) is 5.95. The largest absolute Gasteiger partial charge is 0.355 e. The maximum atomic E-state index is 13.4. The molecule has 0 aliphatic carbocycles. The molecule has 2 aliphatic heterocycles. The molecule has 0 spiro atoms. The van der Waals surface area contributed by atoms with Crippen molar-refractivity contribution in [1.29, 1.82) is 0 Å². The summed E-state index contributed by atoms with van der Waals surface area (Å²) in [7, 11) is 0. The average Bonchev–Trinajstić information content (AvgIpc) is 3.14. The predicted octanol–water partition coefficient (Wildman–Crippen LogP) is 4.72. The summed E-state index contributed by atoms with van der Waals surface area (Å²) in [6, 6.07) is 20.4. The first-order chi connectivity index (χ1) is 14.2. The Kier molecular flexibility index (Phi) is 3.36. The maximum Gasteiger partial charge on any atom is 0.257 e. The van der Waals surface area contributed by atoms with Gasteiger partial charge in [-0.3, -0.25) is 9.78 Å². The topological polar surface area (TPSA) is 52.2 Å². The number of carbonyl (C=O) groups is 1. The fourth-order valence-electron chi connectivity index (χ4n) is 4.74. The van der Waals surface area contributed by atoms with Gasteiger partial charge in [0.1, 0.15) is 0 Å². The monoisotopic (exact) mass is 380 g/mol. The van der Waals surface area contributed by atoms with E-state index in [1.807, 2.05) is 54.4 Å². The molecule has 1 N–H and O–H groups in total. The van der Waals surface area contributed by atoms with Crippen LogP contribution in [0.25, 0.3) is 10.9 Å². The molecule has 1 amide bonds. The van der Waals surface area contributed by atoms with Crippen LogP contribution in [0.15, 0.2) is 66.9 Å². The van der Waals surface area contributed by atoms with E-state index in [2.05, 4.69) is 39.1 Å². The second-order valence-corrected chi connectivity index (χ2v) is 7.73. The highest BCUT2D eigenvalue weighted by Gasteiger charge is 2.43. The van der Waals surface area contributed by atoms with Crippen LogP contribution < -0.4 is 4.90 Å². The third-order valence-electron chi connectivity index (χ3n) is 6.08. The van der Waals surface area contributed by atoms with Crippen LogP contribution in [0.1, 0.15) is 33.5 Å². The molecule has 29 heavy (non-hydrogen) atoms. The Bertz CT molecular complexity index is 1260. The highest BCUT2D eigenvalue weighted by molar-refractivity contribution is 6.04. The number of rotatable bonds is 1. The number of benzene rings is 2. The molecule has 6 rings (SSSR count). The van der Waals surface area contributed by atoms with E-state index >= 15 is 0 Å². The summed E-state index contributed by atoms with van der Waals surface area (Å²) in [5, 5.41) is 1.25. The summed E-state index contributed by atoms with van der Waals surface area (Å²) in [4.78, 5) is 25.8. The van der Waals surface area contributed by atoms with Crippen LogP contribution in [0.3, 0.4) is 0 Å². The minimum absolute atomic E-state index is 0.0891. The molecule has 0 radical (unpaired) electrons. The van der Waals surface area contributed by atoms with E-state index in [4.69, 9.17) is 0 Å². The Hall–Kier alpha value is -3.60. The Balaban J connectivity index is 1.63. The molecule has 4 aromatic rings. The van der Waals surface area contributed by atoms with E-state index in [-0.39, 0.29) is 12.1 Å². The van der Waals surface area contributed by atoms with Gasteiger partial charge in [-0.05, 0) is 49.2 Å². The van der Waals surface area contributed by atoms with Crippen molar-refractivity contribution in [1.82, 2.24) is 14.9 Å². The maximum absolute atomic E-state index is 13.4. The number of carbonyl (C=O) groups excluding carboxylic acids is 1. The van der Waals surface area contributed by atoms with Gasteiger partial charge in [0.15, 0.2) is 6.17 Å². The first kappa shape index (κ1) is 16.4. The lowest BCUT2D eigenvalue weighted by molar-refractivity contribution is 0.0642. The molecule has 0 saturated heterocycles. The Morgan fingerprint density at radius 1 is 1.03 bits per heavy atom. The van der Waals surface area contributed by atoms with E-state index in [1.165, 1.54) is 10.9 Å². The first-order valence-electron chi connectivity index (χ1n) is 9.94. The zero-order valence-corrected chi connectivity index (χ0v) is 16.1. The number of aromatic amines is 1. The van der Waals surface area contributed by atoms with Crippen molar-refractivity contribution in [3.63, 3.8) is 0 Å². The van der Waals surface area contributed by atoms with Gasteiger partial charge in [0.25, 0.3) is 5.91 Å². The standard InChI is InChI=1S/C24H20N4O/c1-15-10-11-16(14-25-15)28-21-9-5-3-7-19(21)24(29)27-13-12-18-17-6-2-4-8-20(17)26-22(18)23(27)28/h2-11,14,23,26H,12-13H2,1H3. The summed E-state index contributed by atoms with van der Waals surface area (Å²) in [5.74, 6) is 0.0891. The Labute approximate surface area is 168 Å². The molecule has 2 aromatic carbocycles. The number of hydrogen-bond acceptors (Lipinski definition) is 3. The van der Waals surface area contributed by atoms with Gasteiger partial charge >= 0.3 is 0 Å². The number of pyridine rings is 1. The van der Waals surface area contributed by atoms with Crippen LogP contribution in [0.5, 0.6) is 0 Å². The summed E-state index contributed by atoms with van der Waals surface area (Å²) in [6.07, 6.45) is 2.54. The molecule has 142 valence electrons. The Morgan fingerprint density at radius 2 is 1.86 bits per heavy atom. The molecule has 5 nitrogen and oxygen atoms in total. The van der Waals surface area contributed by atoms with Gasteiger partial charge in [0.2, 0.25) is 0 Å². The minimum atomic E-state index is -0.210. The molecule has 2 aliphatic rings. The van der Waals surface area contributed by atoms with Gasteiger partial charge < -0.3 is 14.8 Å². The van der Waals surface area contributed by atoms with Crippen LogP contribution in [0.4, 0.5) is 11.4 Å². The zero-order chi connectivity index (χ0) is 19.5. The average molecular weight is 380 g/mol. The molecule has 2 aromatic heterocycles. The smallest absolute Gasteiger partial charge is 0.257 e. The number of hydrogen-bond donors (Lipinski definition) is 1. The van der Waals surface area contributed by atoms with Gasteiger partial charge in [-0.25, -0.2) is 0 Å². The first-order valence-corrected chi connectivity index (χ1v) is 9.94. The number of aryl methyl sites for hydroxylation is 1. The molecule has 5 heteroatoms. The van der Waals surface area contributed by atoms with Crippen molar-refractivity contribution in [2.75, 3.05) is 11.4 Å². The van der Waals surface area contributed by atoms with Crippen molar-refractivity contribution < 1.29 is 4.79 Å². The zero-order valence-electron chi connectivity index (χ0n) is 16.1. The van der Waals surface area contributed by atoms with Gasteiger partial charge in [0, 0.05) is 23.1 Å². The summed E-state index contributed by atoms with van der Waals surface area (Å²) in [5.41, 5.74) is 7.14. The number of aromatic nitrogens is 2. The Morgan fingerprint density at radius 3 is 2.72 bits per heavy atom. The van der Waals surface area contributed by atoms with E-state index in [0.717, 1.165) is 40.3 Å². The van der Waals surface area contributed by atoms with Crippen molar-refractivity contribution in [2.24, 2.45) is 0 Å². The molecule has 0 bridgehead atoms. The third-order valence-corrected chi connectivity index (χ3v) is 6.08. The number of anilines is 2. The highest BCUT2D eigenvalue weighted by Crippen LogP contribution is 2.47. The van der Waals surface area contributed by atoms with Crippen LogP contribution in [-0.4, -0.2) is 27.3 Å². The summed E-state index contributed by atoms with van der Waals surface area (Å²) >= 11 is 0. The van der Waals surface area contributed by atoms with Crippen LogP contribution in [-0.2, 0) is 6.42 Å². The van der Waals surface area contributed by atoms with Crippen molar-refractivity contribution in [2.45, 2.75) is 19.5 Å². The summed E-state index contributed by atoms with van der Waals surface area (Å²) < 4.78 is 0. The van der Waals surface area contributed by atoms with Crippen LogP contribution >= 0.6 is 0 Å². The lowest BCUT2D eigenvalue weighted by Gasteiger charge is -2.47. The van der Waals surface area contributed by atoms with Gasteiger partial charge in [0.05, 0.1) is 28.8 Å². The van der Waals surface area contributed by atoms with E-state index in [9.17, 15) is 4.79 Å².